The maximum absolute atomic E-state index is 12.7. The molecule has 2 aliphatic rings. The van der Waals surface area contributed by atoms with Crippen molar-refractivity contribution in [1.29, 1.82) is 0 Å². The average Bonchev–Trinajstić information content (AvgIpc) is 2.57. The lowest BCUT2D eigenvalue weighted by atomic mass is 9.63. The molecule has 0 aliphatic heterocycles. The topological polar surface area (TPSA) is 26.3 Å². The summed E-state index contributed by atoms with van der Waals surface area (Å²) in [6, 6.07) is 0. The number of fused-ring (bicyclic) bond motifs is 2. The quantitative estimate of drug-likeness (QED) is 0.557. The van der Waals surface area contributed by atoms with Gasteiger partial charge in [0, 0.05) is 5.41 Å². The van der Waals surface area contributed by atoms with Gasteiger partial charge in [-0.3, -0.25) is 4.79 Å². The summed E-state index contributed by atoms with van der Waals surface area (Å²) in [6.45, 7) is 13.5. The average molecular weight is 347 g/mol. The minimum Gasteiger partial charge on any atom is -0.404 e. The number of ketones is 1. The van der Waals surface area contributed by atoms with E-state index in [-0.39, 0.29) is 16.6 Å². The first kappa shape index (κ1) is 15.7. The zero-order valence-electron chi connectivity index (χ0n) is 13.1. The van der Waals surface area contributed by atoms with Gasteiger partial charge in [-0.15, -0.1) is 0 Å². The highest BCUT2D eigenvalue weighted by Gasteiger charge is 2.72. The van der Waals surface area contributed by atoms with E-state index < -0.39 is 13.9 Å². The minimum atomic E-state index is -1.76. The molecule has 2 fully saturated rings. The summed E-state index contributed by atoms with van der Waals surface area (Å²) < 4.78 is 6.57. The second-order valence-corrected chi connectivity index (χ2v) is 13.1. The molecular weight excluding hydrogens is 320 g/mol. The molecule has 0 aromatic heterocycles. The van der Waals surface area contributed by atoms with E-state index in [1.54, 1.807) is 0 Å². The van der Waals surface area contributed by atoms with Crippen molar-refractivity contribution in [2.75, 3.05) is 5.33 Å². The van der Waals surface area contributed by atoms with Gasteiger partial charge in [-0.25, -0.2) is 0 Å². The Bertz CT molecular complexity index is 401. The van der Waals surface area contributed by atoms with Crippen molar-refractivity contribution in [3.8, 4) is 0 Å². The summed E-state index contributed by atoms with van der Waals surface area (Å²) in [5, 5.41) is 0.413. The number of carbonyl (C=O) groups excluding carboxylic acids is 1. The van der Waals surface area contributed by atoms with E-state index in [1.807, 2.05) is 0 Å². The molecule has 0 N–H and O–H groups in total. The second kappa shape index (κ2) is 4.41. The van der Waals surface area contributed by atoms with Crippen molar-refractivity contribution in [3.05, 3.63) is 0 Å². The third kappa shape index (κ3) is 2.01. The normalized spacial score (nSPS) is 40.7. The van der Waals surface area contributed by atoms with E-state index in [9.17, 15) is 4.79 Å². The van der Waals surface area contributed by atoms with Gasteiger partial charge in [0.15, 0.2) is 14.1 Å². The van der Waals surface area contributed by atoms with Gasteiger partial charge in [-0.1, -0.05) is 36.7 Å². The summed E-state index contributed by atoms with van der Waals surface area (Å²) in [5.74, 6) is 0.879. The Morgan fingerprint density at radius 3 is 2.21 bits per heavy atom. The Balaban J connectivity index is 2.50. The molecule has 4 heteroatoms. The first-order valence-corrected chi connectivity index (χ1v) is 11.8. The van der Waals surface area contributed by atoms with E-state index in [2.05, 4.69) is 56.3 Å². The maximum atomic E-state index is 12.7. The SMILES string of the molecule is CC1(C)[C@@H]2CC[C@@]1(C)[C@@](O[Si](C)(C)C)(C(=O)CBr)C2. The number of Topliss-reactive ketones (excluding diaryl/α,β-unsaturated/α-hetero) is 1. The van der Waals surface area contributed by atoms with E-state index in [0.29, 0.717) is 11.2 Å². The van der Waals surface area contributed by atoms with Gasteiger partial charge in [0.05, 0.1) is 5.33 Å². The first-order valence-electron chi connectivity index (χ1n) is 7.30. The van der Waals surface area contributed by atoms with Crippen LogP contribution in [0, 0.1) is 16.7 Å². The third-order valence-electron chi connectivity index (χ3n) is 5.91. The predicted molar refractivity (Wildman–Crippen MR) is 85.2 cm³/mol. The molecule has 110 valence electrons. The molecule has 19 heavy (non-hydrogen) atoms. The fraction of sp³-hybridized carbons (Fsp3) is 0.933. The van der Waals surface area contributed by atoms with Crippen LogP contribution in [0.3, 0.4) is 0 Å². The monoisotopic (exact) mass is 346 g/mol. The number of rotatable bonds is 4. The number of halogens is 1. The lowest BCUT2D eigenvalue weighted by molar-refractivity contribution is -0.148. The zero-order valence-corrected chi connectivity index (χ0v) is 15.7. The highest BCUT2D eigenvalue weighted by molar-refractivity contribution is 9.09. The van der Waals surface area contributed by atoms with Crippen LogP contribution >= 0.6 is 15.9 Å². The molecule has 0 amide bonds. The van der Waals surface area contributed by atoms with Crippen LogP contribution in [0.5, 0.6) is 0 Å². The Labute approximate surface area is 126 Å². The van der Waals surface area contributed by atoms with Gasteiger partial charge in [0.2, 0.25) is 0 Å². The van der Waals surface area contributed by atoms with Gasteiger partial charge >= 0.3 is 0 Å². The molecule has 3 atom stereocenters. The van der Waals surface area contributed by atoms with E-state index in [1.165, 1.54) is 6.42 Å². The lowest BCUT2D eigenvalue weighted by Gasteiger charge is -2.50. The van der Waals surface area contributed by atoms with Crippen LogP contribution in [0.25, 0.3) is 0 Å². The minimum absolute atomic E-state index is 0.0181. The molecule has 0 heterocycles. The summed E-state index contributed by atoms with van der Waals surface area (Å²) in [6.07, 6.45) is 3.29. The lowest BCUT2D eigenvalue weighted by Crippen LogP contribution is -2.59. The van der Waals surface area contributed by atoms with Crippen LogP contribution in [0.15, 0.2) is 0 Å². The number of hydrogen-bond acceptors (Lipinski definition) is 2. The number of hydrogen-bond donors (Lipinski definition) is 0. The molecule has 0 unspecified atom stereocenters. The molecule has 0 aromatic carbocycles. The maximum Gasteiger partial charge on any atom is 0.185 e. The molecule has 0 saturated heterocycles. The van der Waals surface area contributed by atoms with E-state index >= 15 is 0 Å². The molecule has 2 rings (SSSR count). The Hall–Kier alpha value is 0.327. The highest BCUT2D eigenvalue weighted by Crippen LogP contribution is 2.71. The Morgan fingerprint density at radius 1 is 1.32 bits per heavy atom. The molecular formula is C15H27BrO2Si. The molecule has 0 aromatic rings. The molecule has 2 saturated carbocycles. The van der Waals surface area contributed by atoms with Crippen LogP contribution in [-0.2, 0) is 9.22 Å². The van der Waals surface area contributed by atoms with Gasteiger partial charge in [0.25, 0.3) is 0 Å². The standard InChI is InChI=1S/C15H27BrO2Si/c1-13(2)11-7-8-14(13,3)15(9-11,12(17)10-16)18-19(4,5)6/h11H,7-10H2,1-6H3/t11-,14-,15+/m1/s1. The highest BCUT2D eigenvalue weighted by atomic mass is 79.9. The van der Waals surface area contributed by atoms with Crippen LogP contribution < -0.4 is 0 Å². The second-order valence-electron chi connectivity index (χ2n) is 8.09. The first-order chi connectivity index (χ1) is 8.50. The molecule has 2 nitrogen and oxygen atoms in total. The van der Waals surface area contributed by atoms with Gasteiger partial charge in [-0.2, -0.15) is 0 Å². The van der Waals surface area contributed by atoms with E-state index in [0.717, 1.165) is 12.8 Å². The number of carbonyl (C=O) groups is 1. The van der Waals surface area contributed by atoms with Gasteiger partial charge in [-0.05, 0) is 50.2 Å². The summed E-state index contributed by atoms with van der Waals surface area (Å²) in [4.78, 5) is 12.7. The largest absolute Gasteiger partial charge is 0.404 e. The smallest absolute Gasteiger partial charge is 0.185 e. The van der Waals surface area contributed by atoms with Crippen molar-refractivity contribution in [1.82, 2.24) is 0 Å². The van der Waals surface area contributed by atoms with Crippen molar-refractivity contribution in [3.63, 3.8) is 0 Å². The van der Waals surface area contributed by atoms with Crippen molar-refractivity contribution < 1.29 is 9.22 Å². The Kier molecular flexibility index (Phi) is 3.65. The summed E-state index contributed by atoms with van der Waals surface area (Å²) in [7, 11) is -1.76. The van der Waals surface area contributed by atoms with Gasteiger partial charge in [0.1, 0.15) is 5.60 Å². The van der Waals surface area contributed by atoms with Crippen molar-refractivity contribution >= 4 is 30.0 Å². The predicted octanol–water partition coefficient (Wildman–Crippen LogP) is 4.39. The fourth-order valence-electron chi connectivity index (χ4n) is 4.51. The molecule has 0 radical (unpaired) electrons. The van der Waals surface area contributed by atoms with Crippen LogP contribution in [-0.4, -0.2) is 25.0 Å². The van der Waals surface area contributed by atoms with Crippen LogP contribution in [0.2, 0.25) is 19.6 Å². The third-order valence-corrected chi connectivity index (χ3v) is 7.38. The van der Waals surface area contributed by atoms with E-state index in [4.69, 9.17) is 4.43 Å². The van der Waals surface area contributed by atoms with Crippen LogP contribution in [0.4, 0.5) is 0 Å². The zero-order chi connectivity index (χ0) is 14.7. The van der Waals surface area contributed by atoms with Gasteiger partial charge < -0.3 is 4.43 Å². The molecule has 0 spiro atoms. The number of alkyl halides is 1. The molecule has 2 aliphatic carbocycles. The Morgan fingerprint density at radius 2 is 1.89 bits per heavy atom. The summed E-state index contributed by atoms with van der Waals surface area (Å²) >= 11 is 3.39. The van der Waals surface area contributed by atoms with Crippen molar-refractivity contribution in [2.24, 2.45) is 16.7 Å². The van der Waals surface area contributed by atoms with Crippen LogP contribution in [0.1, 0.15) is 40.0 Å². The molecule has 2 bridgehead atoms. The van der Waals surface area contributed by atoms with Crippen molar-refractivity contribution in [2.45, 2.75) is 65.3 Å². The fourth-order valence-corrected chi connectivity index (χ4v) is 6.43. The summed E-state index contributed by atoms with van der Waals surface area (Å²) in [5.41, 5.74) is -0.367.